The molecule has 0 aliphatic carbocycles. The Morgan fingerprint density at radius 1 is 0.853 bits per heavy atom. The second-order valence-electron chi connectivity index (χ2n) is 7.31. The van der Waals surface area contributed by atoms with Crippen LogP contribution >= 0.6 is 11.6 Å². The van der Waals surface area contributed by atoms with Gasteiger partial charge in [-0.1, -0.05) is 23.7 Å². The first-order chi connectivity index (χ1) is 16.3. The van der Waals surface area contributed by atoms with E-state index < -0.39 is 0 Å². The number of amides is 3. The molecule has 0 unspecified atom stereocenters. The molecule has 0 spiro atoms. The predicted molar refractivity (Wildman–Crippen MR) is 131 cm³/mol. The Labute approximate surface area is 202 Å². The Bertz CT molecular complexity index is 1170. The third-order valence-electron chi connectivity index (χ3n) is 4.66. The molecule has 2 N–H and O–H groups in total. The summed E-state index contributed by atoms with van der Waals surface area (Å²) in [5, 5.41) is 5.92. The molecule has 9 heteroatoms. The fourth-order valence-corrected chi connectivity index (χ4v) is 3.21. The number of carbonyl (C=O) groups is 3. The van der Waals surface area contributed by atoms with Gasteiger partial charge in [-0.25, -0.2) is 0 Å². The maximum absolute atomic E-state index is 12.6. The zero-order valence-electron chi connectivity index (χ0n) is 18.7. The molecule has 3 amide bonds. The Hall–Kier alpha value is -4.04. The van der Waals surface area contributed by atoms with Gasteiger partial charge in [-0.15, -0.1) is 0 Å². The minimum absolute atomic E-state index is 0.131. The molecule has 0 aliphatic heterocycles. The van der Waals surface area contributed by atoms with E-state index in [9.17, 15) is 14.4 Å². The summed E-state index contributed by atoms with van der Waals surface area (Å²) in [6, 6.07) is 20.1. The van der Waals surface area contributed by atoms with Crippen LogP contribution in [0.3, 0.4) is 0 Å². The third-order valence-corrected chi connectivity index (χ3v) is 4.90. The summed E-state index contributed by atoms with van der Waals surface area (Å²) in [6.07, 6.45) is 0. The zero-order chi connectivity index (χ0) is 24.5. The maximum atomic E-state index is 12.6. The molecule has 3 aromatic rings. The maximum Gasteiger partial charge on any atom is 0.262 e. The van der Waals surface area contributed by atoms with Gasteiger partial charge in [-0.2, -0.15) is 0 Å². The molecule has 0 aromatic heterocycles. The van der Waals surface area contributed by atoms with Gasteiger partial charge in [0.1, 0.15) is 11.5 Å². The molecule has 0 fully saturated rings. The van der Waals surface area contributed by atoms with E-state index in [4.69, 9.17) is 21.1 Å². The molecule has 8 nitrogen and oxygen atoms in total. The van der Waals surface area contributed by atoms with E-state index in [0.29, 0.717) is 33.5 Å². The number of likely N-dealkylation sites (N-methyl/N-ethyl adjacent to an activating group) is 1. The molecule has 34 heavy (non-hydrogen) atoms. The van der Waals surface area contributed by atoms with Crippen LogP contribution in [0.2, 0.25) is 5.02 Å². The van der Waals surface area contributed by atoms with Crippen LogP contribution in [0.15, 0.2) is 72.8 Å². The number of ether oxygens (including phenoxy) is 2. The van der Waals surface area contributed by atoms with Crippen LogP contribution in [0.5, 0.6) is 11.5 Å². The Morgan fingerprint density at radius 3 is 2.18 bits per heavy atom. The number of nitrogens with zero attached hydrogens (tertiary/aromatic N) is 1. The zero-order valence-corrected chi connectivity index (χ0v) is 19.5. The molecule has 176 valence electrons. The number of benzene rings is 3. The van der Waals surface area contributed by atoms with Gasteiger partial charge < -0.3 is 25.0 Å². The van der Waals surface area contributed by atoms with E-state index in [1.165, 1.54) is 11.9 Å². The summed E-state index contributed by atoms with van der Waals surface area (Å²) in [5.41, 5.74) is 1.53. The predicted octanol–water partition coefficient (Wildman–Crippen LogP) is 4.08. The topological polar surface area (TPSA) is 97.0 Å². The van der Waals surface area contributed by atoms with Gasteiger partial charge in [0.15, 0.2) is 6.61 Å². The molecule has 0 radical (unpaired) electrons. The quantitative estimate of drug-likeness (QED) is 0.480. The highest BCUT2D eigenvalue weighted by molar-refractivity contribution is 6.30. The van der Waals surface area contributed by atoms with Crippen molar-refractivity contribution in [3.63, 3.8) is 0 Å². The standard InChI is InChI=1S/C25H24ClN3O5/c1-29(15-23(30)27-19-6-3-5-18(26)13-19)25(32)17-9-11-21(12-10-17)34-16-24(31)28-20-7-4-8-22(14-20)33-2/h3-14H,15-16H2,1-2H3,(H,27,30)(H,28,31). The molecule has 0 aliphatic rings. The largest absolute Gasteiger partial charge is 0.497 e. The van der Waals surface area contributed by atoms with Crippen molar-refractivity contribution in [3.8, 4) is 11.5 Å². The number of halogens is 1. The smallest absolute Gasteiger partial charge is 0.262 e. The third kappa shape index (κ3) is 7.25. The molecule has 3 aromatic carbocycles. The van der Waals surface area contributed by atoms with Gasteiger partial charge in [-0.05, 0) is 54.6 Å². The van der Waals surface area contributed by atoms with Crippen LogP contribution in [0.4, 0.5) is 11.4 Å². The van der Waals surface area contributed by atoms with Gasteiger partial charge in [-0.3, -0.25) is 14.4 Å². The number of anilines is 2. The van der Waals surface area contributed by atoms with Crippen molar-refractivity contribution in [3.05, 3.63) is 83.4 Å². The summed E-state index contributed by atoms with van der Waals surface area (Å²) in [7, 11) is 3.08. The highest BCUT2D eigenvalue weighted by Crippen LogP contribution is 2.18. The number of hydrogen-bond donors (Lipinski definition) is 2. The van der Waals surface area contributed by atoms with E-state index in [-0.39, 0.29) is 30.9 Å². The van der Waals surface area contributed by atoms with E-state index >= 15 is 0 Å². The Morgan fingerprint density at radius 2 is 1.50 bits per heavy atom. The minimum Gasteiger partial charge on any atom is -0.497 e. The average Bonchev–Trinajstić information content (AvgIpc) is 2.82. The summed E-state index contributed by atoms with van der Waals surface area (Å²) < 4.78 is 10.6. The van der Waals surface area contributed by atoms with Crippen LogP contribution < -0.4 is 20.1 Å². The highest BCUT2D eigenvalue weighted by atomic mass is 35.5. The number of rotatable bonds is 9. The fourth-order valence-electron chi connectivity index (χ4n) is 3.01. The fraction of sp³-hybridized carbons (Fsp3) is 0.160. The molecular weight excluding hydrogens is 458 g/mol. The lowest BCUT2D eigenvalue weighted by Crippen LogP contribution is -2.34. The summed E-state index contributed by atoms with van der Waals surface area (Å²) in [6.45, 7) is -0.331. The average molecular weight is 482 g/mol. The molecule has 0 heterocycles. The van der Waals surface area contributed by atoms with Crippen molar-refractivity contribution < 1.29 is 23.9 Å². The molecule has 0 saturated heterocycles. The van der Waals surface area contributed by atoms with Gasteiger partial charge in [0, 0.05) is 35.1 Å². The summed E-state index contributed by atoms with van der Waals surface area (Å²) >= 11 is 5.91. The van der Waals surface area contributed by atoms with Crippen LogP contribution in [0.1, 0.15) is 10.4 Å². The molecule has 0 saturated carbocycles. The summed E-state index contributed by atoms with van der Waals surface area (Å²) in [4.78, 5) is 38.3. The van der Waals surface area contributed by atoms with Crippen molar-refractivity contribution >= 4 is 40.7 Å². The Balaban J connectivity index is 1.48. The van der Waals surface area contributed by atoms with E-state index in [0.717, 1.165) is 0 Å². The number of methoxy groups -OCH3 is 1. The molecule has 0 bridgehead atoms. The normalized spacial score (nSPS) is 10.2. The minimum atomic E-state index is -0.347. The van der Waals surface area contributed by atoms with Gasteiger partial charge in [0.25, 0.3) is 11.8 Å². The lowest BCUT2D eigenvalue weighted by molar-refractivity contribution is -0.118. The first-order valence-electron chi connectivity index (χ1n) is 10.3. The molecular formula is C25H24ClN3O5. The van der Waals surface area contributed by atoms with Gasteiger partial charge in [0.05, 0.1) is 13.7 Å². The second-order valence-corrected chi connectivity index (χ2v) is 7.75. The number of hydrogen-bond acceptors (Lipinski definition) is 5. The first kappa shape index (κ1) is 24.6. The highest BCUT2D eigenvalue weighted by Gasteiger charge is 2.15. The number of nitrogens with one attached hydrogen (secondary N) is 2. The number of carbonyl (C=O) groups excluding carboxylic acids is 3. The lowest BCUT2D eigenvalue weighted by atomic mass is 10.2. The van der Waals surface area contributed by atoms with Crippen LogP contribution in [0.25, 0.3) is 0 Å². The van der Waals surface area contributed by atoms with Gasteiger partial charge in [0.2, 0.25) is 5.91 Å². The van der Waals surface area contributed by atoms with Crippen LogP contribution in [-0.4, -0.2) is 49.9 Å². The monoisotopic (exact) mass is 481 g/mol. The van der Waals surface area contributed by atoms with Crippen molar-refractivity contribution in [1.82, 2.24) is 4.90 Å². The Kier molecular flexibility index (Phi) is 8.48. The van der Waals surface area contributed by atoms with Crippen molar-refractivity contribution in [1.29, 1.82) is 0 Å². The van der Waals surface area contributed by atoms with E-state index in [2.05, 4.69) is 10.6 Å². The van der Waals surface area contributed by atoms with Crippen LogP contribution in [-0.2, 0) is 9.59 Å². The SMILES string of the molecule is COc1cccc(NC(=O)COc2ccc(C(=O)N(C)CC(=O)Nc3cccc(Cl)c3)cc2)c1. The first-order valence-corrected chi connectivity index (χ1v) is 10.7. The molecule has 3 rings (SSSR count). The molecule has 0 atom stereocenters. The van der Waals surface area contributed by atoms with Gasteiger partial charge >= 0.3 is 0 Å². The summed E-state index contributed by atoms with van der Waals surface area (Å²) in [5.74, 6) is 0.0483. The second kappa shape index (κ2) is 11.7. The van der Waals surface area contributed by atoms with E-state index in [1.807, 2.05) is 0 Å². The van der Waals surface area contributed by atoms with Crippen molar-refractivity contribution in [2.45, 2.75) is 0 Å². The lowest BCUT2D eigenvalue weighted by Gasteiger charge is -2.17. The van der Waals surface area contributed by atoms with Crippen molar-refractivity contribution in [2.75, 3.05) is 37.9 Å². The van der Waals surface area contributed by atoms with Crippen molar-refractivity contribution in [2.24, 2.45) is 0 Å². The van der Waals surface area contributed by atoms with Crippen LogP contribution in [0, 0.1) is 0 Å². The van der Waals surface area contributed by atoms with E-state index in [1.54, 1.807) is 79.9 Å².